The molecule has 0 unspecified atom stereocenters. The van der Waals surface area contributed by atoms with Gasteiger partial charge in [-0.1, -0.05) is 6.07 Å². The molecule has 2 aromatic rings. The molecule has 7 nitrogen and oxygen atoms in total. The van der Waals surface area contributed by atoms with Gasteiger partial charge in [0.1, 0.15) is 12.4 Å². The number of nitrogens with zero attached hydrogens (tertiary/aromatic N) is 4. The minimum absolute atomic E-state index is 0.00776. The minimum Gasteiger partial charge on any atom is -0.340 e. The van der Waals surface area contributed by atoms with Crippen LogP contribution in [0.3, 0.4) is 0 Å². The average molecular weight is 353 g/mol. The van der Waals surface area contributed by atoms with E-state index in [4.69, 9.17) is 4.98 Å². The molecule has 136 valence electrons. The van der Waals surface area contributed by atoms with Crippen LogP contribution in [0.2, 0.25) is 0 Å². The molecule has 1 N–H and O–H groups in total. The summed E-state index contributed by atoms with van der Waals surface area (Å²) in [5.74, 6) is 3.79. The van der Waals surface area contributed by atoms with Gasteiger partial charge < -0.3 is 9.47 Å². The number of carbonyl (C=O) groups excluding carboxylic acids is 1. The van der Waals surface area contributed by atoms with Crippen molar-refractivity contribution in [2.24, 2.45) is 11.8 Å². The molecule has 3 heterocycles. The number of H-pyrrole nitrogens is 1. The minimum atomic E-state index is -0.139. The Morgan fingerprint density at radius 2 is 2.04 bits per heavy atom. The monoisotopic (exact) mass is 353 g/mol. The Balaban J connectivity index is 1.33. The van der Waals surface area contributed by atoms with Crippen molar-refractivity contribution < 1.29 is 4.79 Å². The van der Waals surface area contributed by atoms with E-state index in [0.29, 0.717) is 24.3 Å². The van der Waals surface area contributed by atoms with E-state index in [2.05, 4.69) is 10.2 Å². The summed E-state index contributed by atoms with van der Waals surface area (Å²) in [4.78, 5) is 31.3. The Morgan fingerprint density at radius 3 is 2.77 bits per heavy atom. The molecule has 2 saturated carbocycles. The Kier molecular flexibility index (Phi) is 3.69. The summed E-state index contributed by atoms with van der Waals surface area (Å²) < 4.78 is 1.47. The molecule has 0 radical (unpaired) electrons. The molecular weight excluding hydrogens is 330 g/mol. The van der Waals surface area contributed by atoms with E-state index in [0.717, 1.165) is 18.2 Å². The van der Waals surface area contributed by atoms with Gasteiger partial charge in [-0.15, -0.1) is 0 Å². The molecule has 7 heteroatoms. The van der Waals surface area contributed by atoms with Crippen molar-refractivity contribution in [1.82, 2.24) is 24.6 Å². The Bertz CT molecular complexity index is 880. The summed E-state index contributed by atoms with van der Waals surface area (Å²) in [6, 6.07) is 4.96. The molecule has 2 aliphatic carbocycles. The molecule has 26 heavy (non-hydrogen) atoms. The molecule has 1 amide bonds. The smallest absolute Gasteiger partial charge is 0.250 e. The van der Waals surface area contributed by atoms with Crippen LogP contribution in [0.1, 0.15) is 49.2 Å². The van der Waals surface area contributed by atoms with E-state index in [-0.39, 0.29) is 23.9 Å². The summed E-state index contributed by atoms with van der Waals surface area (Å²) in [6.07, 6.45) is 6.52. The zero-order valence-electron chi connectivity index (χ0n) is 14.7. The van der Waals surface area contributed by atoms with Crippen molar-refractivity contribution in [3.8, 4) is 0 Å². The van der Waals surface area contributed by atoms with E-state index >= 15 is 0 Å². The summed E-state index contributed by atoms with van der Waals surface area (Å²) >= 11 is 0. The van der Waals surface area contributed by atoms with Crippen LogP contribution in [0.25, 0.3) is 0 Å². The molecule has 2 aromatic heterocycles. The maximum Gasteiger partial charge on any atom is 0.250 e. The van der Waals surface area contributed by atoms with E-state index < -0.39 is 0 Å². The molecule has 2 atom stereocenters. The average Bonchev–Trinajstić information content (AvgIpc) is 3.57. The van der Waals surface area contributed by atoms with Gasteiger partial charge in [-0.3, -0.25) is 14.7 Å². The first kappa shape index (κ1) is 15.8. The van der Waals surface area contributed by atoms with Crippen molar-refractivity contribution >= 4 is 5.91 Å². The number of pyridine rings is 1. The van der Waals surface area contributed by atoms with Gasteiger partial charge in [-0.25, -0.2) is 4.98 Å². The lowest BCUT2D eigenvalue weighted by Crippen LogP contribution is -2.35. The van der Waals surface area contributed by atoms with Crippen LogP contribution in [0.4, 0.5) is 0 Å². The predicted molar refractivity (Wildman–Crippen MR) is 94.6 cm³/mol. The van der Waals surface area contributed by atoms with E-state index in [1.54, 1.807) is 18.3 Å². The molecule has 5 rings (SSSR count). The lowest BCUT2D eigenvalue weighted by atomic mass is 9.91. The highest BCUT2D eigenvalue weighted by molar-refractivity contribution is 5.76. The number of hydrogen-bond donors (Lipinski definition) is 1. The fourth-order valence-corrected chi connectivity index (χ4v) is 4.14. The highest BCUT2D eigenvalue weighted by Gasteiger charge is 2.45. The molecule has 0 spiro atoms. The fourth-order valence-electron chi connectivity index (χ4n) is 4.14. The normalized spacial score (nSPS) is 25.6. The fraction of sp³-hybridized carbons (Fsp3) is 0.579. The number of aromatic nitrogens is 4. The summed E-state index contributed by atoms with van der Waals surface area (Å²) in [5, 5.41) is 7.55. The van der Waals surface area contributed by atoms with Gasteiger partial charge in [0, 0.05) is 37.2 Å². The largest absolute Gasteiger partial charge is 0.340 e. The van der Waals surface area contributed by atoms with Gasteiger partial charge in [0.25, 0.3) is 5.56 Å². The van der Waals surface area contributed by atoms with Crippen LogP contribution in [0, 0.1) is 11.8 Å². The van der Waals surface area contributed by atoms with Crippen LogP contribution in [0.15, 0.2) is 29.2 Å². The van der Waals surface area contributed by atoms with Crippen molar-refractivity contribution in [2.45, 2.75) is 44.1 Å². The first-order valence-electron chi connectivity index (χ1n) is 9.54. The van der Waals surface area contributed by atoms with Gasteiger partial charge in [-0.05, 0) is 43.6 Å². The SMILES string of the molecule is O=C(Cn1ccccc1=O)N1C[C@H](c2nc(C3CC3)n[nH]2)[C@@H](C2CC2)C1. The summed E-state index contributed by atoms with van der Waals surface area (Å²) in [7, 11) is 0. The molecular formula is C19H23N5O2. The Hall–Kier alpha value is -2.44. The van der Waals surface area contributed by atoms with E-state index in [1.807, 2.05) is 4.90 Å². The highest BCUT2D eigenvalue weighted by Crippen LogP contribution is 2.47. The van der Waals surface area contributed by atoms with E-state index in [1.165, 1.54) is 36.3 Å². The quantitative estimate of drug-likeness (QED) is 0.883. The number of likely N-dealkylation sites (tertiary alicyclic amines) is 1. The van der Waals surface area contributed by atoms with Gasteiger partial charge >= 0.3 is 0 Å². The molecule has 1 saturated heterocycles. The van der Waals surface area contributed by atoms with Gasteiger partial charge in [-0.2, -0.15) is 5.10 Å². The van der Waals surface area contributed by atoms with Crippen LogP contribution < -0.4 is 5.56 Å². The zero-order valence-corrected chi connectivity index (χ0v) is 14.7. The maximum atomic E-state index is 12.8. The highest BCUT2D eigenvalue weighted by atomic mass is 16.2. The maximum absolute atomic E-state index is 12.8. The van der Waals surface area contributed by atoms with Gasteiger partial charge in [0.05, 0.1) is 0 Å². The van der Waals surface area contributed by atoms with Crippen LogP contribution in [-0.2, 0) is 11.3 Å². The summed E-state index contributed by atoms with van der Waals surface area (Å²) in [6.45, 7) is 1.53. The second kappa shape index (κ2) is 6.07. The van der Waals surface area contributed by atoms with Crippen LogP contribution in [-0.4, -0.2) is 43.6 Å². The number of hydrogen-bond acceptors (Lipinski definition) is 4. The molecule has 1 aliphatic heterocycles. The van der Waals surface area contributed by atoms with Crippen LogP contribution >= 0.6 is 0 Å². The topological polar surface area (TPSA) is 83.9 Å². The lowest BCUT2D eigenvalue weighted by Gasteiger charge is -2.17. The predicted octanol–water partition coefficient (Wildman–Crippen LogP) is 1.50. The molecule has 3 aliphatic rings. The number of rotatable bonds is 5. The molecule has 0 aromatic carbocycles. The Labute approximate surface area is 151 Å². The van der Waals surface area contributed by atoms with E-state index in [9.17, 15) is 9.59 Å². The summed E-state index contributed by atoms with van der Waals surface area (Å²) in [5.41, 5.74) is -0.139. The van der Waals surface area contributed by atoms with Gasteiger partial charge in [0.15, 0.2) is 5.82 Å². The Morgan fingerprint density at radius 1 is 1.19 bits per heavy atom. The number of nitrogens with one attached hydrogen (secondary N) is 1. The molecule has 0 bridgehead atoms. The number of carbonyl (C=O) groups is 1. The van der Waals surface area contributed by atoms with Crippen molar-refractivity contribution in [3.63, 3.8) is 0 Å². The first-order chi connectivity index (χ1) is 12.7. The second-order valence-electron chi connectivity index (χ2n) is 7.93. The molecule has 3 fully saturated rings. The van der Waals surface area contributed by atoms with Crippen molar-refractivity contribution in [2.75, 3.05) is 13.1 Å². The van der Waals surface area contributed by atoms with Gasteiger partial charge in [0.2, 0.25) is 5.91 Å². The van der Waals surface area contributed by atoms with Crippen molar-refractivity contribution in [3.05, 3.63) is 46.4 Å². The van der Waals surface area contributed by atoms with Crippen molar-refractivity contribution in [1.29, 1.82) is 0 Å². The third kappa shape index (κ3) is 2.95. The first-order valence-corrected chi connectivity index (χ1v) is 9.54. The number of amides is 1. The zero-order chi connectivity index (χ0) is 17.7. The third-order valence-corrected chi connectivity index (χ3v) is 5.96. The van der Waals surface area contributed by atoms with Crippen LogP contribution in [0.5, 0.6) is 0 Å². The number of aromatic amines is 1. The lowest BCUT2D eigenvalue weighted by molar-refractivity contribution is -0.131. The second-order valence-corrected chi connectivity index (χ2v) is 7.93. The third-order valence-electron chi connectivity index (χ3n) is 5.96. The standard InChI is InChI=1S/C19H23N5O2/c25-16-3-1-2-8-23(16)11-17(26)24-9-14(12-4-5-12)15(10-24)19-20-18(21-22-19)13-6-7-13/h1-3,8,12-15H,4-7,9-11H2,(H,20,21,22)/t14-,15+/m1/s1.